The highest BCUT2D eigenvalue weighted by atomic mass is 31.2. The Labute approximate surface area is 524 Å². The Balaban J connectivity index is 3.94. The Morgan fingerprint density at radius 3 is 0.881 bits per heavy atom. The number of carbonyl (C=O) groups is 2. The zero-order valence-electron chi connectivity index (χ0n) is 57.1. The Morgan fingerprint density at radius 1 is 0.357 bits per heavy atom. The van der Waals surface area contributed by atoms with Crippen LogP contribution in [0.15, 0.2) is 12.2 Å². The van der Waals surface area contributed by atoms with Crippen LogP contribution in [0.3, 0.4) is 0 Å². The third kappa shape index (κ3) is 69.8. The summed E-state index contributed by atoms with van der Waals surface area (Å²) in [5.41, 5.74) is 0. The smallest absolute Gasteiger partial charge is 0.306 e. The average Bonchev–Trinajstić information content (AvgIpc) is 3.61. The Morgan fingerprint density at radius 2 is 0.607 bits per heavy atom. The highest BCUT2D eigenvalue weighted by Gasteiger charge is 2.22. The van der Waals surface area contributed by atoms with Crippen molar-refractivity contribution in [2.24, 2.45) is 0 Å². The minimum atomic E-state index is -4.64. The summed E-state index contributed by atoms with van der Waals surface area (Å²) in [5, 5.41) is 0. The van der Waals surface area contributed by atoms with Crippen molar-refractivity contribution in [3.05, 3.63) is 12.2 Å². The molecule has 0 heterocycles. The molecule has 0 fully saturated rings. The molecule has 0 rings (SSSR count). The lowest BCUT2D eigenvalue weighted by Gasteiger charge is -2.28. The molecule has 2 atom stereocenters. The summed E-state index contributed by atoms with van der Waals surface area (Å²) in [6.07, 6.45) is 81.8. The van der Waals surface area contributed by atoms with Crippen LogP contribution >= 0.6 is 7.82 Å². The van der Waals surface area contributed by atoms with Crippen molar-refractivity contribution < 1.29 is 42.1 Å². The Bertz CT molecular complexity index is 1420. The predicted octanol–water partition coefficient (Wildman–Crippen LogP) is 23.7. The maximum absolute atomic E-state index is 12.9. The monoisotopic (exact) mass is 1210 g/mol. The van der Waals surface area contributed by atoms with Crippen LogP contribution < -0.4 is 4.89 Å². The molecule has 0 aromatic carbocycles. The van der Waals surface area contributed by atoms with E-state index in [4.69, 9.17) is 18.5 Å². The van der Waals surface area contributed by atoms with Gasteiger partial charge in [0, 0.05) is 12.8 Å². The van der Waals surface area contributed by atoms with Crippen LogP contribution in [0, 0.1) is 0 Å². The number of quaternary nitrogens is 1. The fourth-order valence-electron chi connectivity index (χ4n) is 11.5. The van der Waals surface area contributed by atoms with Gasteiger partial charge in [0.2, 0.25) is 0 Å². The maximum atomic E-state index is 12.9. The number of allylic oxidation sites excluding steroid dienone is 2. The topological polar surface area (TPSA) is 111 Å². The fourth-order valence-corrected chi connectivity index (χ4v) is 12.3. The first-order valence-corrected chi connectivity index (χ1v) is 38.9. The summed E-state index contributed by atoms with van der Waals surface area (Å²) in [5.74, 6) is -0.805. The van der Waals surface area contributed by atoms with Crippen molar-refractivity contribution in [2.45, 2.75) is 405 Å². The van der Waals surface area contributed by atoms with Gasteiger partial charge in [0.05, 0.1) is 27.7 Å². The number of carbonyl (C=O) groups excluding carboxylic acids is 2. The molecule has 9 nitrogen and oxygen atoms in total. The molecule has 84 heavy (non-hydrogen) atoms. The first kappa shape index (κ1) is 82.8. The van der Waals surface area contributed by atoms with Gasteiger partial charge in [-0.1, -0.05) is 360 Å². The summed E-state index contributed by atoms with van der Waals surface area (Å²) in [6, 6.07) is 0. The van der Waals surface area contributed by atoms with E-state index in [-0.39, 0.29) is 32.0 Å². The Kier molecular flexibility index (Phi) is 65.2. The van der Waals surface area contributed by atoms with Crippen molar-refractivity contribution in [1.29, 1.82) is 0 Å². The van der Waals surface area contributed by atoms with Gasteiger partial charge in [-0.15, -0.1) is 0 Å². The molecule has 500 valence electrons. The zero-order valence-corrected chi connectivity index (χ0v) is 58.0. The van der Waals surface area contributed by atoms with Crippen LogP contribution in [-0.2, 0) is 32.7 Å². The van der Waals surface area contributed by atoms with Gasteiger partial charge in [-0.3, -0.25) is 14.2 Å². The van der Waals surface area contributed by atoms with Crippen molar-refractivity contribution in [3.8, 4) is 0 Å². The molecule has 2 unspecified atom stereocenters. The maximum Gasteiger partial charge on any atom is 0.306 e. The molecule has 0 radical (unpaired) electrons. The minimum absolute atomic E-state index is 0.0259. The second-order valence-electron chi connectivity index (χ2n) is 27.0. The first-order chi connectivity index (χ1) is 41.0. The van der Waals surface area contributed by atoms with E-state index < -0.39 is 26.5 Å². The van der Waals surface area contributed by atoms with Gasteiger partial charge >= 0.3 is 11.9 Å². The molecule has 0 aromatic heterocycles. The lowest BCUT2D eigenvalue weighted by molar-refractivity contribution is -0.870. The molecule has 0 aromatic rings. The molecule has 10 heteroatoms. The molecule has 0 aliphatic carbocycles. The van der Waals surface area contributed by atoms with Gasteiger partial charge in [0.1, 0.15) is 19.8 Å². The van der Waals surface area contributed by atoms with E-state index in [0.29, 0.717) is 17.4 Å². The largest absolute Gasteiger partial charge is 0.756 e. The van der Waals surface area contributed by atoms with E-state index in [2.05, 4.69) is 26.0 Å². The fraction of sp³-hybridized carbons (Fsp3) is 0.946. The standard InChI is InChI=1S/C74H146NO8P/c1-6-8-10-12-14-16-18-20-22-24-26-28-30-32-34-36-37-39-40-42-44-46-48-50-52-54-56-58-60-62-64-66-73(76)80-70-72(71-82-84(78,79)81-69-68-75(3,4)5)83-74(77)67-65-63-61-59-57-55-53-51-49-47-45-43-41-38-35-33-31-29-27-25-23-21-19-17-15-13-11-9-7-2/h25,27,72H,6-24,26,28-71H2,1-5H3/b27-25-. The van der Waals surface area contributed by atoms with E-state index in [0.717, 1.165) is 32.1 Å². The first-order valence-electron chi connectivity index (χ1n) is 37.4. The summed E-state index contributed by atoms with van der Waals surface area (Å²) in [4.78, 5) is 38.1. The number of phosphoric ester groups is 1. The van der Waals surface area contributed by atoms with E-state index in [9.17, 15) is 19.0 Å². The van der Waals surface area contributed by atoms with Crippen LogP contribution in [0.1, 0.15) is 399 Å². The lowest BCUT2D eigenvalue weighted by atomic mass is 10.0. The number of nitrogens with zero attached hydrogens (tertiary/aromatic N) is 1. The highest BCUT2D eigenvalue weighted by molar-refractivity contribution is 7.45. The number of likely N-dealkylation sites (N-methyl/N-ethyl adjacent to an activating group) is 1. The number of hydrogen-bond acceptors (Lipinski definition) is 8. The van der Waals surface area contributed by atoms with Crippen molar-refractivity contribution in [2.75, 3.05) is 47.5 Å². The number of unbranched alkanes of at least 4 members (excludes halogenated alkanes) is 55. The van der Waals surface area contributed by atoms with Gasteiger partial charge in [0.25, 0.3) is 7.82 Å². The van der Waals surface area contributed by atoms with Crippen LogP contribution in [0.2, 0.25) is 0 Å². The summed E-state index contributed by atoms with van der Waals surface area (Å²) in [7, 11) is 1.19. The SMILES string of the molecule is CCCCCCCCCC/C=C\CCCCCCCCCCCCCCCCCCCC(=O)OC(COC(=O)CCCCCCCCCCCCCCCCCCCCCCCCCCCCCCCCC)COP(=O)([O-])OCC[N+](C)(C)C. The molecule has 0 saturated carbocycles. The quantitative estimate of drug-likeness (QED) is 0.0195. The van der Waals surface area contributed by atoms with Crippen LogP contribution in [0.4, 0.5) is 0 Å². The van der Waals surface area contributed by atoms with Gasteiger partial charge in [-0.2, -0.15) is 0 Å². The number of phosphoric acid groups is 1. The minimum Gasteiger partial charge on any atom is -0.756 e. The third-order valence-electron chi connectivity index (χ3n) is 17.3. The molecule has 0 bridgehead atoms. The van der Waals surface area contributed by atoms with Crippen LogP contribution in [0.25, 0.3) is 0 Å². The zero-order chi connectivity index (χ0) is 61.2. The van der Waals surface area contributed by atoms with E-state index in [1.54, 1.807) is 0 Å². The Hall–Kier alpha value is -1.25. The van der Waals surface area contributed by atoms with Gasteiger partial charge in [-0.25, -0.2) is 0 Å². The number of rotatable bonds is 71. The average molecular weight is 1210 g/mol. The second-order valence-corrected chi connectivity index (χ2v) is 28.4. The van der Waals surface area contributed by atoms with Crippen LogP contribution in [-0.4, -0.2) is 70.0 Å². The molecule has 0 aliphatic rings. The van der Waals surface area contributed by atoms with E-state index in [1.807, 2.05) is 21.1 Å². The van der Waals surface area contributed by atoms with E-state index in [1.165, 1.54) is 334 Å². The molecule has 0 amide bonds. The van der Waals surface area contributed by atoms with Crippen molar-refractivity contribution in [1.82, 2.24) is 0 Å². The number of hydrogen-bond donors (Lipinski definition) is 0. The molecule has 0 aliphatic heterocycles. The molecular weight excluding hydrogens is 1060 g/mol. The molecular formula is C74H146NO8P. The molecule has 0 spiro atoms. The van der Waals surface area contributed by atoms with Gasteiger partial charge in [0.15, 0.2) is 6.10 Å². The molecule has 0 saturated heterocycles. The second kappa shape index (κ2) is 66.2. The normalized spacial score (nSPS) is 13.1. The summed E-state index contributed by atoms with van der Waals surface area (Å²) in [6.45, 7) is 4.33. The predicted molar refractivity (Wildman–Crippen MR) is 361 cm³/mol. The summed E-state index contributed by atoms with van der Waals surface area (Å²) >= 11 is 0. The van der Waals surface area contributed by atoms with Gasteiger partial charge < -0.3 is 27.9 Å². The summed E-state index contributed by atoms with van der Waals surface area (Å²) < 4.78 is 34.4. The number of ether oxygens (including phenoxy) is 2. The van der Waals surface area contributed by atoms with Crippen molar-refractivity contribution >= 4 is 19.8 Å². The molecule has 0 N–H and O–H groups in total. The number of esters is 2. The van der Waals surface area contributed by atoms with Crippen molar-refractivity contribution in [3.63, 3.8) is 0 Å². The van der Waals surface area contributed by atoms with Gasteiger partial charge in [-0.05, 0) is 38.5 Å². The lowest BCUT2D eigenvalue weighted by Crippen LogP contribution is -2.37. The third-order valence-corrected chi connectivity index (χ3v) is 18.2. The van der Waals surface area contributed by atoms with E-state index >= 15 is 0 Å². The van der Waals surface area contributed by atoms with Crippen LogP contribution in [0.5, 0.6) is 0 Å². The highest BCUT2D eigenvalue weighted by Crippen LogP contribution is 2.38.